The topological polar surface area (TPSA) is 352 Å². The maximum absolute atomic E-state index is 11.7. The van der Waals surface area contributed by atoms with Crippen LogP contribution in [0.3, 0.4) is 0 Å². The van der Waals surface area contributed by atoms with E-state index in [1.807, 2.05) is 0 Å². The minimum atomic E-state index is -4.81. The second-order valence-electron chi connectivity index (χ2n) is 12.6. The first-order chi connectivity index (χ1) is 29.4. The van der Waals surface area contributed by atoms with Crippen molar-refractivity contribution >= 4 is 94.0 Å². The van der Waals surface area contributed by atoms with E-state index < -0.39 is 70.1 Å². The summed E-state index contributed by atoms with van der Waals surface area (Å²) in [6.45, 7) is 0. The molecule has 0 aliphatic heterocycles. The van der Waals surface area contributed by atoms with Gasteiger partial charge in [-0.1, -0.05) is 48.5 Å². The summed E-state index contributed by atoms with van der Waals surface area (Å²) in [7, 11) is -3.65. The molecule has 0 saturated heterocycles. The number of non-ortho nitro benzene ring substituents is 2. The maximum atomic E-state index is 11.7. The van der Waals surface area contributed by atoms with Gasteiger partial charge in [0.2, 0.25) is 5.75 Å². The number of phenolic OH excluding ortho intramolecular Hbond substituents is 4. The molecule has 0 aliphatic rings. The molecule has 0 atom stereocenters. The maximum Gasteiger partial charge on any atom is 1.00 e. The predicted octanol–water partition coefficient (Wildman–Crippen LogP) is 9.86. The van der Waals surface area contributed by atoms with Crippen LogP contribution in [-0.4, -0.2) is 61.4 Å². The molecule has 0 radical (unpaired) electrons. The number of nitrogens with one attached hydrogen (secondary N) is 1. The first-order valence-electron chi connectivity index (χ1n) is 17.1. The van der Waals surface area contributed by atoms with Crippen molar-refractivity contribution in [1.29, 1.82) is 0 Å². The molecule has 0 bridgehead atoms. The van der Waals surface area contributed by atoms with Gasteiger partial charge in [0.1, 0.15) is 44.9 Å². The number of nitro groups is 3. The second kappa shape index (κ2) is 18.5. The van der Waals surface area contributed by atoms with Gasteiger partial charge in [0, 0.05) is 63.2 Å². The van der Waals surface area contributed by atoms with Crippen LogP contribution in [0.15, 0.2) is 128 Å². The van der Waals surface area contributed by atoms with Gasteiger partial charge in [0.25, 0.3) is 21.5 Å². The monoisotopic (exact) mass is 920 g/mol. The fraction of sp³-hybridized carbons (Fsp3) is 0.0263. The smallest absolute Gasteiger partial charge is 0.506 e. The Hall–Kier alpha value is -8.37. The third-order valence-corrected chi connectivity index (χ3v) is 9.68. The zero-order valence-corrected chi connectivity index (χ0v) is 33.7. The van der Waals surface area contributed by atoms with Crippen LogP contribution in [0.1, 0.15) is 2.85 Å². The van der Waals surface area contributed by atoms with Crippen LogP contribution in [-0.2, 0) is 32.2 Å². The number of fused-ring (bicyclic) bond motifs is 3. The standard InChI is InChI=1S/C20H13N3O7S.C18H13N5O8.Cr/c24-16-8-5-11-3-1-2-4-13(11)19(16)21-22-20-14-7-6-12(23(26)27)9-15(14)18(10-17(20)25)31(28,29)30;1-31-18(26)19-11-4-2-3-9-5-6-14(24)16(15(9)11)21-20-12-7-10(22(27)28)8-13(17(12)25)23(29)30;/h1-10,24-25H,(H,28,29,30);2-8,24-25H,1H3,(H,19,26);/p+2. The number of ether oxygens (including phenoxy) is 1. The van der Waals surface area contributed by atoms with E-state index in [4.69, 9.17) is 0 Å². The molecule has 63 heavy (non-hydrogen) atoms. The molecule has 0 spiro atoms. The molecule has 320 valence electrons. The molecule has 0 unspecified atom stereocenters. The second-order valence-corrected chi connectivity index (χ2v) is 13.9. The van der Waals surface area contributed by atoms with Crippen molar-refractivity contribution in [2.75, 3.05) is 12.4 Å². The van der Waals surface area contributed by atoms with Crippen molar-refractivity contribution in [2.45, 2.75) is 4.90 Å². The molecule has 6 N–H and O–H groups in total. The molecule has 7 rings (SSSR count). The third kappa shape index (κ3) is 9.66. The van der Waals surface area contributed by atoms with Crippen molar-refractivity contribution in [3.05, 3.63) is 133 Å². The SMILES string of the molecule is COC(=O)Nc1cccc2ccc(O)c(N=Nc3cc([N+](=O)[O-])cc([N+](=O)[O-])c3O)c12.O=[N+]([O-])c1ccc2c(N=Nc3c(O)ccc4ccccc34)c(O)cc(S(=O)(=O)O)c2c1.[Cr].[H+].[H+]. The van der Waals surface area contributed by atoms with E-state index in [2.05, 4.69) is 30.5 Å². The molecule has 7 aromatic rings. The summed E-state index contributed by atoms with van der Waals surface area (Å²) < 4.78 is 37.6. The van der Waals surface area contributed by atoms with Crippen LogP contribution < -0.4 is 5.32 Å². The summed E-state index contributed by atoms with van der Waals surface area (Å²) >= 11 is 0. The number of rotatable bonds is 9. The number of aromatic hydroxyl groups is 4. The normalized spacial score (nSPS) is 11.3. The molecular weight excluding hydrogens is 893 g/mol. The molecule has 1 amide bonds. The number of phenols is 4. The molecule has 0 saturated carbocycles. The van der Waals surface area contributed by atoms with Gasteiger partial charge in [0.15, 0.2) is 0 Å². The van der Waals surface area contributed by atoms with Gasteiger partial charge in [-0.2, -0.15) is 8.42 Å². The Labute approximate surface area is 365 Å². The quantitative estimate of drug-likeness (QED) is 0.0339. The summed E-state index contributed by atoms with van der Waals surface area (Å²) in [6, 6.07) is 23.2. The largest absolute Gasteiger partial charge is 1.00 e. The summed E-state index contributed by atoms with van der Waals surface area (Å²) in [4.78, 5) is 41.5. The number of carbonyl (C=O) groups is 1. The third-order valence-electron chi connectivity index (χ3n) is 8.79. The van der Waals surface area contributed by atoms with Gasteiger partial charge >= 0.3 is 14.6 Å². The number of benzene rings is 7. The molecular formula is C38H28CrN8O15S+2. The fourth-order valence-corrected chi connectivity index (χ4v) is 6.67. The zero-order valence-electron chi connectivity index (χ0n) is 33.6. The van der Waals surface area contributed by atoms with Crippen LogP contribution in [0.5, 0.6) is 23.0 Å². The Bertz CT molecular complexity index is 3220. The number of hydrogen-bond acceptors (Lipinski definition) is 18. The first kappa shape index (κ1) is 45.7. The Morgan fingerprint density at radius 1 is 0.651 bits per heavy atom. The zero-order chi connectivity index (χ0) is 45.0. The van der Waals surface area contributed by atoms with Crippen LogP contribution >= 0.6 is 0 Å². The fourth-order valence-electron chi connectivity index (χ4n) is 5.96. The number of carbonyl (C=O) groups excluding carboxylic acids is 1. The van der Waals surface area contributed by atoms with Crippen molar-refractivity contribution < 1.29 is 77.9 Å². The molecule has 25 heteroatoms. The number of anilines is 1. The summed E-state index contributed by atoms with van der Waals surface area (Å²) in [5, 5.41) is 94.1. The number of nitrogens with zero attached hydrogens (tertiary/aromatic N) is 7. The van der Waals surface area contributed by atoms with E-state index in [-0.39, 0.29) is 70.6 Å². The van der Waals surface area contributed by atoms with E-state index in [9.17, 15) is 68.5 Å². The number of azo groups is 2. The predicted molar refractivity (Wildman–Crippen MR) is 221 cm³/mol. The minimum absolute atomic E-state index is 0. The van der Waals surface area contributed by atoms with E-state index in [1.54, 1.807) is 48.5 Å². The number of nitro benzene ring substituents is 3. The molecule has 0 fully saturated rings. The van der Waals surface area contributed by atoms with E-state index >= 15 is 0 Å². The summed E-state index contributed by atoms with van der Waals surface area (Å²) in [5.74, 6) is -2.10. The van der Waals surface area contributed by atoms with Gasteiger partial charge < -0.3 is 25.2 Å². The Balaban J connectivity index is 0.000000330. The van der Waals surface area contributed by atoms with Gasteiger partial charge in [-0.3, -0.25) is 40.2 Å². The Morgan fingerprint density at radius 2 is 1.25 bits per heavy atom. The average molecular weight is 921 g/mol. The van der Waals surface area contributed by atoms with E-state index in [0.29, 0.717) is 16.8 Å². The van der Waals surface area contributed by atoms with E-state index in [0.717, 1.165) is 36.8 Å². The van der Waals surface area contributed by atoms with Gasteiger partial charge in [0.05, 0.1) is 33.6 Å². The first-order valence-corrected chi connectivity index (χ1v) is 18.5. The molecule has 0 aromatic heterocycles. The van der Waals surface area contributed by atoms with E-state index in [1.165, 1.54) is 24.3 Å². The van der Waals surface area contributed by atoms with Crippen LogP contribution in [0.4, 0.5) is 50.3 Å². The van der Waals surface area contributed by atoms with Crippen LogP contribution in [0, 0.1) is 30.3 Å². The minimum Gasteiger partial charge on any atom is -0.506 e. The van der Waals surface area contributed by atoms with Gasteiger partial charge in [-0.25, -0.2) is 4.79 Å². The van der Waals surface area contributed by atoms with Crippen LogP contribution in [0.25, 0.3) is 32.3 Å². The van der Waals surface area contributed by atoms with Crippen molar-refractivity contribution in [3.63, 3.8) is 0 Å². The molecule has 23 nitrogen and oxygen atoms in total. The van der Waals surface area contributed by atoms with Crippen LogP contribution in [0.2, 0.25) is 0 Å². The van der Waals surface area contributed by atoms with Gasteiger partial charge in [-0.05, 0) is 35.0 Å². The average Bonchev–Trinajstić information content (AvgIpc) is 3.23. The number of hydrogen-bond donors (Lipinski definition) is 6. The number of amides is 1. The molecule has 0 heterocycles. The summed E-state index contributed by atoms with van der Waals surface area (Å²) in [6.07, 6.45) is -0.786. The molecule has 0 aliphatic carbocycles. The Morgan fingerprint density at radius 3 is 1.89 bits per heavy atom. The van der Waals surface area contributed by atoms with Crippen molar-refractivity contribution in [2.24, 2.45) is 20.5 Å². The Kier molecular flexibility index (Phi) is 13.4. The molecule has 7 aromatic carbocycles. The number of methoxy groups -OCH3 is 1. The summed E-state index contributed by atoms with van der Waals surface area (Å²) in [5.41, 5.74) is -2.61. The van der Waals surface area contributed by atoms with Crippen molar-refractivity contribution in [3.8, 4) is 23.0 Å². The van der Waals surface area contributed by atoms with Crippen molar-refractivity contribution in [1.82, 2.24) is 0 Å². The van der Waals surface area contributed by atoms with Gasteiger partial charge in [-0.15, -0.1) is 20.5 Å².